The number of hydrogen-bond donors (Lipinski definition) is 1. The van der Waals surface area contributed by atoms with E-state index in [0.717, 1.165) is 5.56 Å². The zero-order valence-corrected chi connectivity index (χ0v) is 17.8. The third-order valence-corrected chi connectivity index (χ3v) is 5.83. The van der Waals surface area contributed by atoms with Gasteiger partial charge in [-0.25, -0.2) is 9.78 Å². The first-order valence-corrected chi connectivity index (χ1v) is 10.6. The summed E-state index contributed by atoms with van der Waals surface area (Å²) in [4.78, 5) is 16.1. The van der Waals surface area contributed by atoms with Gasteiger partial charge in [0.2, 0.25) is 6.79 Å². The van der Waals surface area contributed by atoms with Gasteiger partial charge in [-0.3, -0.25) is 0 Å². The van der Waals surface area contributed by atoms with Gasteiger partial charge in [-0.1, -0.05) is 0 Å². The summed E-state index contributed by atoms with van der Waals surface area (Å²) in [5, 5.41) is 14.4. The lowest BCUT2D eigenvalue weighted by Crippen LogP contribution is -2.11. The maximum absolute atomic E-state index is 13.2. The van der Waals surface area contributed by atoms with E-state index < -0.39 is 17.4 Å². The molecule has 3 heterocycles. The van der Waals surface area contributed by atoms with E-state index in [1.807, 2.05) is 12.1 Å². The van der Waals surface area contributed by atoms with Crippen molar-refractivity contribution in [2.75, 3.05) is 12.1 Å². The van der Waals surface area contributed by atoms with Gasteiger partial charge in [0.1, 0.15) is 22.2 Å². The molecule has 2 aromatic carbocycles. The molecule has 0 fully saturated rings. The van der Waals surface area contributed by atoms with Gasteiger partial charge in [0.15, 0.2) is 11.5 Å². The molecule has 11 heteroatoms. The maximum atomic E-state index is 13.2. The highest BCUT2D eigenvalue weighted by Gasteiger charge is 2.33. The number of aromatic nitrogens is 1. The molecule has 0 atom stereocenters. The minimum Gasteiger partial charge on any atom is -0.454 e. The summed E-state index contributed by atoms with van der Waals surface area (Å²) >= 11 is 1.26. The number of anilines is 1. The van der Waals surface area contributed by atoms with Gasteiger partial charge >= 0.3 is 11.8 Å². The Labute approximate surface area is 193 Å². The van der Waals surface area contributed by atoms with Crippen LogP contribution in [0.2, 0.25) is 0 Å². The Morgan fingerprint density at radius 1 is 1.15 bits per heavy atom. The number of alkyl halides is 3. The fourth-order valence-electron chi connectivity index (χ4n) is 3.37. The third-order valence-electron chi connectivity index (χ3n) is 4.96. The summed E-state index contributed by atoms with van der Waals surface area (Å²) in [5.41, 5.74) is -0.427. The van der Waals surface area contributed by atoms with E-state index in [1.54, 1.807) is 17.5 Å². The second kappa shape index (κ2) is 8.24. The fourth-order valence-corrected chi connectivity index (χ4v) is 4.16. The van der Waals surface area contributed by atoms with Crippen LogP contribution in [0.5, 0.6) is 11.5 Å². The standard InChI is InChI=1S/C23H12F3N3O4S/c24-23(25,26)16-7-21(30)33-19-6-14(2-3-15(16)19)28-9-13(8-27)22-29-17(10-34-22)12-1-4-18-20(5-12)32-11-31-18/h1-7,9-10,28H,11H2/b13-9+. The lowest BCUT2D eigenvalue weighted by molar-refractivity contribution is -0.136. The molecule has 7 nitrogen and oxygen atoms in total. The summed E-state index contributed by atoms with van der Waals surface area (Å²) in [6.45, 7) is 0.157. The molecule has 0 radical (unpaired) electrons. The molecule has 0 saturated heterocycles. The quantitative estimate of drug-likeness (QED) is 0.296. The lowest BCUT2D eigenvalue weighted by Gasteiger charge is -2.10. The first-order valence-electron chi connectivity index (χ1n) is 9.70. The number of fused-ring (bicyclic) bond motifs is 2. The fraction of sp³-hybridized carbons (Fsp3) is 0.0870. The number of thiazole rings is 1. The predicted octanol–water partition coefficient (Wildman–Crippen LogP) is 5.64. The number of benzene rings is 2. The minimum absolute atomic E-state index is 0.157. The number of rotatable bonds is 4. The molecule has 0 aliphatic carbocycles. The lowest BCUT2D eigenvalue weighted by atomic mass is 10.1. The highest BCUT2D eigenvalue weighted by molar-refractivity contribution is 7.11. The normalized spacial score (nSPS) is 13.2. The van der Waals surface area contributed by atoms with Crippen LogP contribution in [-0.4, -0.2) is 11.8 Å². The molecule has 2 aromatic heterocycles. The van der Waals surface area contributed by atoms with Crippen molar-refractivity contribution in [2.45, 2.75) is 6.18 Å². The maximum Gasteiger partial charge on any atom is 0.417 e. The summed E-state index contributed by atoms with van der Waals surface area (Å²) < 4.78 is 55.3. The molecule has 1 aliphatic rings. The molecule has 0 bridgehead atoms. The van der Waals surface area contributed by atoms with E-state index in [4.69, 9.17) is 13.9 Å². The number of ether oxygens (including phenoxy) is 2. The van der Waals surface area contributed by atoms with Crippen LogP contribution in [0.15, 0.2) is 63.3 Å². The Bertz CT molecular complexity index is 1550. The van der Waals surface area contributed by atoms with Crippen molar-refractivity contribution >= 4 is 33.6 Å². The summed E-state index contributed by atoms with van der Waals surface area (Å²) in [6, 6.07) is 11.7. The van der Waals surface area contributed by atoms with Crippen molar-refractivity contribution in [2.24, 2.45) is 0 Å². The van der Waals surface area contributed by atoms with Crippen molar-refractivity contribution in [3.05, 3.63) is 75.0 Å². The van der Waals surface area contributed by atoms with Crippen molar-refractivity contribution < 1.29 is 27.1 Å². The molecule has 0 unspecified atom stereocenters. The Morgan fingerprint density at radius 2 is 1.97 bits per heavy atom. The molecular weight excluding hydrogens is 471 g/mol. The highest BCUT2D eigenvalue weighted by Crippen LogP contribution is 2.37. The number of nitrogens with zero attached hydrogens (tertiary/aromatic N) is 2. The summed E-state index contributed by atoms with van der Waals surface area (Å²) in [5.74, 6) is 1.26. The van der Waals surface area contributed by atoms with Gasteiger partial charge in [-0.05, 0) is 30.3 Å². The molecule has 0 amide bonds. The molecule has 34 heavy (non-hydrogen) atoms. The van der Waals surface area contributed by atoms with E-state index in [-0.39, 0.29) is 23.3 Å². The van der Waals surface area contributed by atoms with Crippen LogP contribution >= 0.6 is 11.3 Å². The van der Waals surface area contributed by atoms with Crippen LogP contribution in [-0.2, 0) is 6.18 Å². The van der Waals surface area contributed by atoms with Gasteiger partial charge in [-0.15, -0.1) is 11.3 Å². The third kappa shape index (κ3) is 4.06. The van der Waals surface area contributed by atoms with E-state index in [1.165, 1.54) is 35.7 Å². The van der Waals surface area contributed by atoms with Crippen LogP contribution in [0.3, 0.4) is 0 Å². The average molecular weight is 483 g/mol. The highest BCUT2D eigenvalue weighted by atomic mass is 32.1. The van der Waals surface area contributed by atoms with Gasteiger partial charge in [-0.2, -0.15) is 18.4 Å². The Kier molecular flexibility index (Phi) is 5.22. The first kappa shape index (κ1) is 21.5. The molecule has 0 saturated carbocycles. The summed E-state index contributed by atoms with van der Waals surface area (Å²) in [7, 11) is 0. The largest absolute Gasteiger partial charge is 0.454 e. The zero-order chi connectivity index (χ0) is 23.9. The van der Waals surface area contributed by atoms with E-state index in [0.29, 0.717) is 34.0 Å². The van der Waals surface area contributed by atoms with Crippen LogP contribution in [0, 0.1) is 11.3 Å². The van der Waals surface area contributed by atoms with Gasteiger partial charge in [0.25, 0.3) is 0 Å². The van der Waals surface area contributed by atoms with Crippen LogP contribution in [0.25, 0.3) is 27.8 Å². The Hall–Kier alpha value is -4.30. The minimum atomic E-state index is -4.70. The molecule has 1 N–H and O–H groups in total. The molecular formula is C23H12F3N3O4S. The van der Waals surface area contributed by atoms with E-state index in [2.05, 4.69) is 10.3 Å². The molecule has 4 aromatic rings. The number of hydrogen-bond acceptors (Lipinski definition) is 8. The second-order valence-corrected chi connectivity index (χ2v) is 7.97. The van der Waals surface area contributed by atoms with Crippen molar-refractivity contribution in [3.8, 4) is 28.8 Å². The van der Waals surface area contributed by atoms with Crippen LogP contribution in [0.4, 0.5) is 18.9 Å². The topological polar surface area (TPSA) is 97.4 Å². The molecule has 0 spiro atoms. The number of nitriles is 1. The number of allylic oxidation sites excluding steroid dienone is 1. The van der Waals surface area contributed by atoms with Crippen LogP contribution < -0.4 is 20.4 Å². The predicted molar refractivity (Wildman–Crippen MR) is 118 cm³/mol. The average Bonchev–Trinajstić information content (AvgIpc) is 3.47. The number of halogens is 3. The van der Waals surface area contributed by atoms with E-state index >= 15 is 0 Å². The van der Waals surface area contributed by atoms with Crippen molar-refractivity contribution in [3.63, 3.8) is 0 Å². The van der Waals surface area contributed by atoms with Gasteiger partial charge < -0.3 is 19.2 Å². The zero-order valence-electron chi connectivity index (χ0n) is 17.0. The molecule has 5 rings (SSSR count). The first-order chi connectivity index (χ1) is 16.3. The Morgan fingerprint density at radius 3 is 2.76 bits per heavy atom. The second-order valence-electron chi connectivity index (χ2n) is 7.11. The molecule has 1 aliphatic heterocycles. The molecule has 170 valence electrons. The SMILES string of the molecule is N#C/C(=C\Nc1ccc2c(C(F)(F)F)cc(=O)oc2c1)c1nc(-c2ccc3c(c2)OCO3)cs1. The van der Waals surface area contributed by atoms with Crippen LogP contribution in [0.1, 0.15) is 10.6 Å². The summed E-state index contributed by atoms with van der Waals surface area (Å²) in [6.07, 6.45) is -3.31. The van der Waals surface area contributed by atoms with Gasteiger partial charge in [0, 0.05) is 40.3 Å². The Balaban J connectivity index is 1.41. The van der Waals surface area contributed by atoms with E-state index in [9.17, 15) is 23.2 Å². The van der Waals surface area contributed by atoms with Crippen molar-refractivity contribution in [1.82, 2.24) is 4.98 Å². The van der Waals surface area contributed by atoms with Crippen molar-refractivity contribution in [1.29, 1.82) is 5.26 Å². The number of nitrogens with one attached hydrogen (secondary N) is 1. The smallest absolute Gasteiger partial charge is 0.417 e. The monoisotopic (exact) mass is 483 g/mol. The van der Waals surface area contributed by atoms with Gasteiger partial charge in [0.05, 0.1) is 11.3 Å².